The fraction of sp³-hybridized carbons (Fsp3) is 0.556. The molecule has 5 nitrogen and oxygen atoms in total. The van der Waals surface area contributed by atoms with Gasteiger partial charge in [0.05, 0.1) is 0 Å². The van der Waals surface area contributed by atoms with Crippen molar-refractivity contribution < 1.29 is 14.4 Å². The first-order valence-electron chi connectivity index (χ1n) is 4.44. The molecule has 1 saturated heterocycles. The summed E-state index contributed by atoms with van der Waals surface area (Å²) in [5.41, 5.74) is 0. The molecule has 0 N–H and O–H groups in total. The average Bonchev–Trinajstić information content (AvgIpc) is 2.27. The lowest BCUT2D eigenvalue weighted by Crippen LogP contribution is -2.42. The first-order valence-corrected chi connectivity index (χ1v) is 4.44. The molecule has 0 spiro atoms. The Bertz CT molecular complexity index is 311. The van der Waals surface area contributed by atoms with E-state index in [2.05, 4.69) is 0 Å². The quantitative estimate of drug-likeness (QED) is 0.342. The van der Waals surface area contributed by atoms with Gasteiger partial charge >= 0.3 is 11.6 Å². The zero-order valence-corrected chi connectivity index (χ0v) is 7.65. The largest absolute Gasteiger partial charge is 0.336 e. The summed E-state index contributed by atoms with van der Waals surface area (Å²) >= 11 is 0. The van der Waals surface area contributed by atoms with Crippen molar-refractivity contribution in [2.45, 2.75) is 19.3 Å². The molecule has 1 aliphatic rings. The van der Waals surface area contributed by atoms with Gasteiger partial charge in [0, 0.05) is 13.1 Å². The highest BCUT2D eigenvalue weighted by atomic mass is 16.2. The number of Topliss-reactive ketones (excluding diaryl/α,β-unsaturated/α-hetero) is 2. The first kappa shape index (κ1) is 10.4. The fourth-order valence-corrected chi connectivity index (χ4v) is 1.39. The molecule has 0 atom stereocenters. The predicted octanol–water partition coefficient (Wildman–Crippen LogP) is -0.339. The summed E-state index contributed by atoms with van der Waals surface area (Å²) in [5, 5.41) is 8.16. The third-order valence-electron chi connectivity index (χ3n) is 2.15. The first-order chi connectivity index (χ1) is 6.66. The number of carbonyl (C=O) groups is 3. The Balaban J connectivity index is 2.60. The molecule has 1 heterocycles. The van der Waals surface area contributed by atoms with Crippen molar-refractivity contribution in [1.29, 1.82) is 5.26 Å². The van der Waals surface area contributed by atoms with E-state index in [-0.39, 0.29) is 0 Å². The molecular formula is C9H10N2O3. The lowest BCUT2D eigenvalue weighted by molar-refractivity contribution is -0.148. The van der Waals surface area contributed by atoms with E-state index < -0.39 is 17.5 Å². The molecule has 0 saturated carbocycles. The molecule has 14 heavy (non-hydrogen) atoms. The Morgan fingerprint density at radius 1 is 1.07 bits per heavy atom. The summed E-state index contributed by atoms with van der Waals surface area (Å²) in [6.07, 6.45) is 2.73. The van der Waals surface area contributed by atoms with Gasteiger partial charge in [-0.05, 0) is 19.3 Å². The summed E-state index contributed by atoms with van der Waals surface area (Å²) in [7, 11) is 0. The molecule has 5 heteroatoms. The van der Waals surface area contributed by atoms with Crippen molar-refractivity contribution in [2.75, 3.05) is 13.1 Å². The van der Waals surface area contributed by atoms with Crippen LogP contribution in [0.5, 0.6) is 0 Å². The second kappa shape index (κ2) is 4.51. The highest BCUT2D eigenvalue weighted by molar-refractivity contribution is 6.66. The minimum absolute atomic E-state index is 0.503. The lowest BCUT2D eigenvalue weighted by Gasteiger charge is -2.25. The molecule has 0 unspecified atom stereocenters. The molecule has 0 aliphatic carbocycles. The highest BCUT2D eigenvalue weighted by Gasteiger charge is 2.28. The van der Waals surface area contributed by atoms with Gasteiger partial charge in [-0.15, -0.1) is 0 Å². The van der Waals surface area contributed by atoms with Crippen molar-refractivity contribution in [3.63, 3.8) is 0 Å². The molecule has 0 aromatic carbocycles. The number of amides is 1. The van der Waals surface area contributed by atoms with E-state index >= 15 is 0 Å². The van der Waals surface area contributed by atoms with Crippen molar-refractivity contribution in [3.8, 4) is 6.07 Å². The summed E-state index contributed by atoms with van der Waals surface area (Å²) in [6.45, 7) is 1.01. The molecule has 0 aromatic rings. The maximum atomic E-state index is 11.3. The minimum atomic E-state index is -1.28. The number of carbonyl (C=O) groups excluding carboxylic acids is 3. The van der Waals surface area contributed by atoms with E-state index in [0.717, 1.165) is 25.3 Å². The predicted molar refractivity (Wildman–Crippen MR) is 46.1 cm³/mol. The topological polar surface area (TPSA) is 78.2 Å². The third kappa shape index (κ3) is 2.16. The summed E-state index contributed by atoms with van der Waals surface area (Å²) < 4.78 is 0. The Labute approximate surface area is 81.3 Å². The number of hydrogen-bond donors (Lipinski definition) is 0. The smallest absolute Gasteiger partial charge is 0.307 e. The normalized spacial score (nSPS) is 15.8. The van der Waals surface area contributed by atoms with Crippen LogP contribution >= 0.6 is 0 Å². The molecule has 0 aromatic heterocycles. The standard InChI is InChI=1S/C9H10N2O3/c10-6-7(12)8(13)9(14)11-4-2-1-3-5-11/h1-5H2. The van der Waals surface area contributed by atoms with Crippen LogP contribution in [0.2, 0.25) is 0 Å². The van der Waals surface area contributed by atoms with Crippen molar-refractivity contribution in [3.05, 3.63) is 0 Å². The summed E-state index contributed by atoms with van der Waals surface area (Å²) in [4.78, 5) is 34.3. The Morgan fingerprint density at radius 3 is 2.14 bits per heavy atom. The molecule has 1 amide bonds. The van der Waals surface area contributed by atoms with Crippen LogP contribution in [-0.4, -0.2) is 35.5 Å². The van der Waals surface area contributed by atoms with E-state index in [1.807, 2.05) is 0 Å². The Morgan fingerprint density at radius 2 is 1.64 bits per heavy atom. The SMILES string of the molecule is N#CC(=O)C(=O)C(=O)N1CCCCC1. The van der Waals surface area contributed by atoms with Crippen LogP contribution in [0.3, 0.4) is 0 Å². The molecule has 1 fully saturated rings. The zero-order chi connectivity index (χ0) is 10.6. The van der Waals surface area contributed by atoms with Crippen LogP contribution in [0.25, 0.3) is 0 Å². The van der Waals surface area contributed by atoms with E-state index in [1.165, 1.54) is 4.90 Å². The number of nitrogens with zero attached hydrogens (tertiary/aromatic N) is 2. The number of piperidine rings is 1. The highest BCUT2D eigenvalue weighted by Crippen LogP contribution is 2.08. The summed E-state index contributed by atoms with van der Waals surface area (Å²) in [5.74, 6) is -3.33. The number of ketones is 2. The van der Waals surface area contributed by atoms with E-state index in [9.17, 15) is 14.4 Å². The van der Waals surface area contributed by atoms with Crippen molar-refractivity contribution in [2.24, 2.45) is 0 Å². The zero-order valence-electron chi connectivity index (χ0n) is 7.65. The number of rotatable bonds is 2. The van der Waals surface area contributed by atoms with Crippen LogP contribution in [0.15, 0.2) is 0 Å². The third-order valence-corrected chi connectivity index (χ3v) is 2.15. The Kier molecular flexibility index (Phi) is 3.35. The van der Waals surface area contributed by atoms with Crippen LogP contribution < -0.4 is 0 Å². The van der Waals surface area contributed by atoms with E-state index in [0.29, 0.717) is 13.1 Å². The fourth-order valence-electron chi connectivity index (χ4n) is 1.39. The van der Waals surface area contributed by atoms with Crippen LogP contribution in [-0.2, 0) is 14.4 Å². The van der Waals surface area contributed by atoms with Crippen LogP contribution in [0.4, 0.5) is 0 Å². The molecule has 0 radical (unpaired) electrons. The second-order valence-electron chi connectivity index (χ2n) is 3.12. The lowest BCUT2D eigenvalue weighted by atomic mass is 10.1. The van der Waals surface area contributed by atoms with Gasteiger partial charge in [0.1, 0.15) is 6.07 Å². The maximum absolute atomic E-state index is 11.3. The number of hydrogen-bond acceptors (Lipinski definition) is 4. The number of likely N-dealkylation sites (tertiary alicyclic amines) is 1. The van der Waals surface area contributed by atoms with Crippen molar-refractivity contribution in [1.82, 2.24) is 4.90 Å². The maximum Gasteiger partial charge on any atom is 0.307 e. The van der Waals surface area contributed by atoms with E-state index in [4.69, 9.17) is 5.26 Å². The molecule has 1 aliphatic heterocycles. The van der Waals surface area contributed by atoms with Crippen LogP contribution in [0.1, 0.15) is 19.3 Å². The summed E-state index contributed by atoms with van der Waals surface area (Å²) in [6, 6.07) is 1.15. The molecular weight excluding hydrogens is 184 g/mol. The van der Waals surface area contributed by atoms with Gasteiger partial charge in [0.15, 0.2) is 0 Å². The van der Waals surface area contributed by atoms with Gasteiger partial charge < -0.3 is 4.90 Å². The van der Waals surface area contributed by atoms with Crippen LogP contribution in [0, 0.1) is 11.3 Å². The van der Waals surface area contributed by atoms with Gasteiger partial charge in [-0.1, -0.05) is 0 Å². The van der Waals surface area contributed by atoms with Gasteiger partial charge in [-0.2, -0.15) is 5.26 Å². The van der Waals surface area contributed by atoms with Gasteiger partial charge in [-0.25, -0.2) is 0 Å². The molecule has 0 bridgehead atoms. The van der Waals surface area contributed by atoms with Crippen molar-refractivity contribution >= 4 is 17.5 Å². The second-order valence-corrected chi connectivity index (χ2v) is 3.12. The number of nitriles is 1. The Hall–Kier alpha value is -1.70. The van der Waals surface area contributed by atoms with Gasteiger partial charge in [0.2, 0.25) is 0 Å². The average molecular weight is 194 g/mol. The van der Waals surface area contributed by atoms with Gasteiger partial charge in [0.25, 0.3) is 5.91 Å². The molecule has 74 valence electrons. The van der Waals surface area contributed by atoms with Gasteiger partial charge in [-0.3, -0.25) is 14.4 Å². The van der Waals surface area contributed by atoms with E-state index in [1.54, 1.807) is 0 Å². The monoisotopic (exact) mass is 194 g/mol. The molecule has 1 rings (SSSR count). The minimum Gasteiger partial charge on any atom is -0.336 e.